The molecule has 0 heterocycles. The number of sulfonamides is 1. The third-order valence-corrected chi connectivity index (χ3v) is 9.95. The van der Waals surface area contributed by atoms with Gasteiger partial charge in [-0.2, -0.15) is 0 Å². The Morgan fingerprint density at radius 3 is 2.23 bits per heavy atom. The average molecular weight is 642 g/mol. The van der Waals surface area contributed by atoms with E-state index in [0.29, 0.717) is 10.8 Å². The molecule has 1 N–H and O–H groups in total. The zero-order valence-electron chi connectivity index (χ0n) is 25.6. The van der Waals surface area contributed by atoms with Crippen LogP contribution in [0.5, 0.6) is 11.5 Å². The van der Waals surface area contributed by atoms with Gasteiger partial charge in [-0.05, 0) is 68.7 Å². The highest BCUT2D eigenvalue weighted by Gasteiger charge is 2.34. The summed E-state index contributed by atoms with van der Waals surface area (Å²) >= 11 is 6.10. The first-order valence-corrected chi connectivity index (χ1v) is 16.5. The lowest BCUT2D eigenvalue weighted by atomic mass is 9.95. The largest absolute Gasteiger partial charge is 0.497 e. The topological polar surface area (TPSA) is 105 Å². The quantitative estimate of drug-likeness (QED) is 0.271. The molecule has 44 heavy (non-hydrogen) atoms. The number of benzene rings is 3. The number of hydrogen-bond acceptors (Lipinski definition) is 6. The summed E-state index contributed by atoms with van der Waals surface area (Å²) in [5.41, 5.74) is 1.76. The predicted molar refractivity (Wildman–Crippen MR) is 172 cm³/mol. The highest BCUT2D eigenvalue weighted by Crippen LogP contribution is 2.36. The van der Waals surface area contributed by atoms with Gasteiger partial charge in [0.1, 0.15) is 24.1 Å². The Hall–Kier alpha value is -3.76. The third kappa shape index (κ3) is 8.04. The van der Waals surface area contributed by atoms with Crippen LogP contribution < -0.4 is 19.1 Å². The Kier molecular flexibility index (Phi) is 11.2. The number of carbonyl (C=O) groups excluding carboxylic acids is 2. The number of amides is 2. The maximum absolute atomic E-state index is 14.3. The van der Waals surface area contributed by atoms with Crippen LogP contribution in [0.15, 0.2) is 71.6 Å². The molecule has 0 unspecified atom stereocenters. The first kappa shape index (κ1) is 33.1. The van der Waals surface area contributed by atoms with Crippen molar-refractivity contribution in [2.75, 3.05) is 25.1 Å². The van der Waals surface area contributed by atoms with Crippen molar-refractivity contribution in [3.63, 3.8) is 0 Å². The summed E-state index contributed by atoms with van der Waals surface area (Å²) in [5, 5.41) is 3.64. The fourth-order valence-electron chi connectivity index (χ4n) is 5.28. The van der Waals surface area contributed by atoms with Gasteiger partial charge in [0, 0.05) is 23.7 Å². The molecule has 0 saturated heterocycles. The van der Waals surface area contributed by atoms with Crippen molar-refractivity contribution in [3.05, 3.63) is 82.9 Å². The second-order valence-corrected chi connectivity index (χ2v) is 13.3. The molecule has 0 radical (unpaired) electrons. The van der Waals surface area contributed by atoms with E-state index >= 15 is 0 Å². The van der Waals surface area contributed by atoms with Gasteiger partial charge in [-0.15, -0.1) is 0 Å². The molecule has 2 amide bonds. The van der Waals surface area contributed by atoms with E-state index in [1.807, 2.05) is 6.92 Å². The maximum Gasteiger partial charge on any atom is 0.264 e. The highest BCUT2D eigenvalue weighted by atomic mass is 35.5. The SMILES string of the molecule is COc1ccc(OC)c(N(CC(=O)N(Cc2ccc(Cl)cc2)[C@@H](C)C(=O)NC2CCCCC2)S(=O)(=O)c2ccc(C)cc2)c1. The number of nitrogens with one attached hydrogen (secondary N) is 1. The molecular weight excluding hydrogens is 602 g/mol. The highest BCUT2D eigenvalue weighted by molar-refractivity contribution is 7.92. The van der Waals surface area contributed by atoms with Crippen LogP contribution in [0.3, 0.4) is 0 Å². The smallest absolute Gasteiger partial charge is 0.264 e. The number of anilines is 1. The fourth-order valence-corrected chi connectivity index (χ4v) is 6.82. The number of ether oxygens (including phenoxy) is 2. The number of nitrogens with zero attached hydrogens (tertiary/aromatic N) is 2. The Morgan fingerprint density at radius 2 is 1.61 bits per heavy atom. The summed E-state index contributed by atoms with van der Waals surface area (Å²) in [4.78, 5) is 29.2. The number of rotatable bonds is 12. The molecule has 3 aromatic rings. The normalized spacial score (nSPS) is 14.4. The number of halogens is 1. The second kappa shape index (κ2) is 14.8. The van der Waals surface area contributed by atoms with Crippen LogP contribution in [0.25, 0.3) is 0 Å². The van der Waals surface area contributed by atoms with Gasteiger partial charge in [0.05, 0.1) is 24.8 Å². The van der Waals surface area contributed by atoms with Gasteiger partial charge in [0.15, 0.2) is 0 Å². The summed E-state index contributed by atoms with van der Waals surface area (Å²) in [5.74, 6) is -0.227. The Balaban J connectivity index is 1.74. The molecule has 3 aromatic carbocycles. The van der Waals surface area contributed by atoms with Crippen LogP contribution >= 0.6 is 11.6 Å². The van der Waals surface area contributed by atoms with Gasteiger partial charge in [0.25, 0.3) is 10.0 Å². The first-order valence-electron chi connectivity index (χ1n) is 14.7. The molecule has 0 aromatic heterocycles. The second-order valence-electron chi connectivity index (χ2n) is 11.0. The van der Waals surface area contributed by atoms with E-state index in [2.05, 4.69) is 5.32 Å². The molecule has 236 valence electrons. The Bertz CT molecular complexity index is 1540. The van der Waals surface area contributed by atoms with Gasteiger partial charge >= 0.3 is 0 Å². The lowest BCUT2D eigenvalue weighted by molar-refractivity contribution is -0.139. The van der Waals surface area contributed by atoms with Crippen molar-refractivity contribution < 1.29 is 27.5 Å². The van der Waals surface area contributed by atoms with E-state index in [0.717, 1.165) is 47.5 Å². The summed E-state index contributed by atoms with van der Waals surface area (Å²) in [6.45, 7) is 3.01. The third-order valence-electron chi connectivity index (χ3n) is 7.93. The molecule has 1 atom stereocenters. The Labute approximate surface area is 265 Å². The molecule has 1 aliphatic carbocycles. The first-order chi connectivity index (χ1) is 21.0. The number of aryl methyl sites for hydroxylation is 1. The van der Waals surface area contributed by atoms with Crippen molar-refractivity contribution in [1.82, 2.24) is 10.2 Å². The zero-order valence-corrected chi connectivity index (χ0v) is 27.2. The van der Waals surface area contributed by atoms with Crippen LogP contribution in [0.1, 0.15) is 50.2 Å². The lowest BCUT2D eigenvalue weighted by Gasteiger charge is -2.33. The number of methoxy groups -OCH3 is 2. The predicted octanol–water partition coefficient (Wildman–Crippen LogP) is 5.73. The summed E-state index contributed by atoms with van der Waals surface area (Å²) in [7, 11) is -1.38. The molecule has 0 bridgehead atoms. The van der Waals surface area contributed by atoms with Gasteiger partial charge in [-0.25, -0.2) is 8.42 Å². The summed E-state index contributed by atoms with van der Waals surface area (Å²) in [6.07, 6.45) is 5.01. The monoisotopic (exact) mass is 641 g/mol. The fraction of sp³-hybridized carbons (Fsp3) is 0.394. The molecule has 0 spiro atoms. The lowest BCUT2D eigenvalue weighted by Crippen LogP contribution is -2.53. The van der Waals surface area contributed by atoms with Gasteiger partial charge in [0.2, 0.25) is 11.8 Å². The van der Waals surface area contributed by atoms with E-state index in [1.165, 1.54) is 37.3 Å². The van der Waals surface area contributed by atoms with Crippen molar-refractivity contribution in [1.29, 1.82) is 0 Å². The van der Waals surface area contributed by atoms with Crippen LogP contribution in [0, 0.1) is 6.92 Å². The molecule has 1 saturated carbocycles. The molecule has 4 rings (SSSR count). The van der Waals surface area contributed by atoms with Crippen molar-refractivity contribution in [3.8, 4) is 11.5 Å². The van der Waals surface area contributed by atoms with Crippen LogP contribution in [0.2, 0.25) is 5.02 Å². The van der Waals surface area contributed by atoms with E-state index in [4.69, 9.17) is 21.1 Å². The molecule has 1 aliphatic rings. The van der Waals surface area contributed by atoms with Crippen molar-refractivity contribution in [2.45, 2.75) is 69.5 Å². The van der Waals surface area contributed by atoms with Gasteiger partial charge in [-0.3, -0.25) is 13.9 Å². The average Bonchev–Trinajstić information content (AvgIpc) is 3.03. The maximum atomic E-state index is 14.3. The van der Waals surface area contributed by atoms with Crippen molar-refractivity contribution in [2.24, 2.45) is 0 Å². The molecule has 0 aliphatic heterocycles. The van der Waals surface area contributed by atoms with Crippen LogP contribution in [0.4, 0.5) is 5.69 Å². The van der Waals surface area contributed by atoms with E-state index in [-0.39, 0.29) is 34.8 Å². The standard InChI is InChI=1S/C33H40ClN3O6S/c1-23-10-17-29(18-11-23)44(40,41)37(30-20-28(42-3)16-19-31(30)43-4)22-32(38)36(21-25-12-14-26(34)15-13-25)24(2)33(39)35-27-8-6-5-7-9-27/h10-20,24,27H,5-9,21-22H2,1-4H3,(H,35,39)/t24-/m0/s1. The molecule has 1 fully saturated rings. The molecular formula is C33H40ClN3O6S. The molecule has 9 nitrogen and oxygen atoms in total. The van der Waals surface area contributed by atoms with Crippen molar-refractivity contribution >= 4 is 39.1 Å². The molecule has 11 heteroatoms. The summed E-state index contributed by atoms with van der Waals surface area (Å²) < 4.78 is 40.3. The van der Waals surface area contributed by atoms with E-state index in [9.17, 15) is 18.0 Å². The Morgan fingerprint density at radius 1 is 0.955 bits per heavy atom. The van der Waals surface area contributed by atoms with Gasteiger partial charge in [-0.1, -0.05) is 60.7 Å². The van der Waals surface area contributed by atoms with E-state index < -0.39 is 28.5 Å². The minimum atomic E-state index is -4.27. The van der Waals surface area contributed by atoms with Gasteiger partial charge < -0.3 is 19.7 Å². The van der Waals surface area contributed by atoms with E-state index in [1.54, 1.807) is 55.5 Å². The summed E-state index contributed by atoms with van der Waals surface area (Å²) in [6, 6.07) is 17.3. The minimum absolute atomic E-state index is 0.00751. The van der Waals surface area contributed by atoms with Crippen LogP contribution in [-0.4, -0.2) is 58.0 Å². The number of hydrogen-bond donors (Lipinski definition) is 1. The van der Waals surface area contributed by atoms with Crippen LogP contribution in [-0.2, 0) is 26.2 Å². The zero-order chi connectivity index (χ0) is 31.9. The number of carbonyl (C=O) groups is 2. The minimum Gasteiger partial charge on any atom is -0.497 e.